The largest absolute Gasteiger partial charge is 0.457 e. The lowest BCUT2D eigenvalue weighted by molar-refractivity contribution is 0.112. The Hall–Kier alpha value is -3.36. The zero-order valence-electron chi connectivity index (χ0n) is 16.5. The fourth-order valence-electron chi connectivity index (χ4n) is 4.14. The summed E-state index contributed by atoms with van der Waals surface area (Å²) in [6.45, 7) is 4.07. The molecule has 0 aliphatic carbocycles. The van der Waals surface area contributed by atoms with Crippen LogP contribution in [0.15, 0.2) is 91.0 Å². The summed E-state index contributed by atoms with van der Waals surface area (Å²) in [6, 6.07) is 30.4. The summed E-state index contributed by atoms with van der Waals surface area (Å²) < 4.78 is 6.14. The third-order valence-electron chi connectivity index (χ3n) is 5.68. The van der Waals surface area contributed by atoms with Crippen molar-refractivity contribution in [2.45, 2.75) is 19.4 Å². The first kappa shape index (κ1) is 17.7. The van der Waals surface area contributed by atoms with Crippen molar-refractivity contribution in [3.63, 3.8) is 0 Å². The number of benzene rings is 4. The molecule has 0 spiro atoms. The van der Waals surface area contributed by atoms with E-state index in [2.05, 4.69) is 24.3 Å². The smallest absolute Gasteiger partial charge is 0.147 e. The number of fused-ring (bicyclic) bond motifs is 2. The molecule has 0 unspecified atom stereocenters. The van der Waals surface area contributed by atoms with Crippen LogP contribution in [0.5, 0.6) is 11.5 Å². The van der Waals surface area contributed by atoms with E-state index in [1.807, 2.05) is 80.6 Å². The zero-order valence-corrected chi connectivity index (χ0v) is 16.5. The zero-order chi connectivity index (χ0) is 20.0. The molecule has 29 heavy (non-hydrogen) atoms. The first-order valence-electron chi connectivity index (χ1n) is 9.84. The summed E-state index contributed by atoms with van der Waals surface area (Å²) in [6.07, 6.45) is 0. The summed E-state index contributed by atoms with van der Waals surface area (Å²) >= 11 is 0. The van der Waals surface area contributed by atoms with E-state index in [1.54, 1.807) is 0 Å². The van der Waals surface area contributed by atoms with Crippen LogP contribution in [0.3, 0.4) is 0 Å². The number of hydrogen-bond acceptors (Lipinski definition) is 2. The minimum atomic E-state index is -1.27. The molecule has 1 aliphatic heterocycles. The van der Waals surface area contributed by atoms with Gasteiger partial charge in [0.05, 0.1) is 0 Å². The van der Waals surface area contributed by atoms with E-state index in [-0.39, 0.29) is 0 Å². The van der Waals surface area contributed by atoms with Gasteiger partial charge in [-0.2, -0.15) is 0 Å². The molecule has 0 bridgehead atoms. The highest BCUT2D eigenvalue weighted by Crippen LogP contribution is 2.50. The minimum absolute atomic E-state index is 0.696. The van der Waals surface area contributed by atoms with Crippen molar-refractivity contribution in [2.75, 3.05) is 0 Å². The second-order valence-corrected chi connectivity index (χ2v) is 7.76. The standard InChI is InChI=1S/C27H22O2/c1-18-8-14-25-23(16-18)27(28,24-17-19(2)9-15-26(24)29-25)22-12-10-21(11-13-22)20-6-4-3-5-7-20/h3-17,28H,1-2H3. The van der Waals surface area contributed by atoms with Crippen LogP contribution in [0.4, 0.5) is 0 Å². The first-order chi connectivity index (χ1) is 14.1. The second-order valence-electron chi connectivity index (χ2n) is 7.76. The van der Waals surface area contributed by atoms with Gasteiger partial charge in [-0.1, -0.05) is 77.9 Å². The normalized spacial score (nSPS) is 13.9. The van der Waals surface area contributed by atoms with Gasteiger partial charge in [-0.15, -0.1) is 0 Å². The van der Waals surface area contributed by atoms with Crippen molar-refractivity contribution in [1.82, 2.24) is 0 Å². The molecule has 4 aromatic rings. The fourth-order valence-corrected chi connectivity index (χ4v) is 4.14. The molecule has 5 rings (SSSR count). The molecular formula is C27H22O2. The van der Waals surface area contributed by atoms with Crippen molar-refractivity contribution in [2.24, 2.45) is 0 Å². The maximum absolute atomic E-state index is 12.2. The van der Waals surface area contributed by atoms with E-state index < -0.39 is 5.60 Å². The second kappa shape index (κ2) is 6.61. The average Bonchev–Trinajstić information content (AvgIpc) is 2.76. The molecule has 0 aromatic heterocycles. The van der Waals surface area contributed by atoms with E-state index in [1.165, 1.54) is 0 Å². The topological polar surface area (TPSA) is 29.5 Å². The maximum atomic E-state index is 12.2. The van der Waals surface area contributed by atoms with Gasteiger partial charge < -0.3 is 9.84 Å². The van der Waals surface area contributed by atoms with Crippen molar-refractivity contribution >= 4 is 0 Å². The molecule has 1 N–H and O–H groups in total. The van der Waals surface area contributed by atoms with Crippen LogP contribution in [0.1, 0.15) is 27.8 Å². The van der Waals surface area contributed by atoms with Crippen LogP contribution in [0.25, 0.3) is 11.1 Å². The maximum Gasteiger partial charge on any atom is 0.147 e. The number of rotatable bonds is 2. The molecule has 1 heterocycles. The Labute approximate surface area is 171 Å². The van der Waals surface area contributed by atoms with Gasteiger partial charge in [0, 0.05) is 11.1 Å². The minimum Gasteiger partial charge on any atom is -0.457 e. The van der Waals surface area contributed by atoms with Gasteiger partial charge in [-0.05, 0) is 54.8 Å². The van der Waals surface area contributed by atoms with E-state index in [4.69, 9.17) is 4.74 Å². The van der Waals surface area contributed by atoms with Gasteiger partial charge in [-0.3, -0.25) is 0 Å². The molecule has 0 fully saturated rings. The number of aliphatic hydroxyl groups is 1. The fraction of sp³-hybridized carbons (Fsp3) is 0.111. The molecule has 0 atom stereocenters. The number of hydrogen-bond donors (Lipinski definition) is 1. The molecule has 0 saturated heterocycles. The Kier molecular flexibility index (Phi) is 4.04. The molecule has 0 saturated carbocycles. The SMILES string of the molecule is Cc1ccc2c(c1)C(O)(c1ccc(-c3ccccc3)cc1)c1cc(C)ccc1O2. The number of ether oxygens (including phenoxy) is 1. The summed E-state index contributed by atoms with van der Waals surface area (Å²) in [4.78, 5) is 0. The predicted octanol–water partition coefficient (Wildman–Crippen LogP) is 6.36. The van der Waals surface area contributed by atoms with Crippen molar-refractivity contribution in [3.8, 4) is 22.6 Å². The molecule has 4 aromatic carbocycles. The highest BCUT2D eigenvalue weighted by atomic mass is 16.5. The van der Waals surface area contributed by atoms with Crippen molar-refractivity contribution in [1.29, 1.82) is 0 Å². The Morgan fingerprint density at radius 3 is 1.69 bits per heavy atom. The van der Waals surface area contributed by atoms with Gasteiger partial charge >= 0.3 is 0 Å². The van der Waals surface area contributed by atoms with Gasteiger partial charge in [0.1, 0.15) is 17.1 Å². The molecular weight excluding hydrogens is 356 g/mol. The number of aryl methyl sites for hydroxylation is 2. The van der Waals surface area contributed by atoms with E-state index in [0.29, 0.717) is 11.5 Å². The third kappa shape index (κ3) is 2.84. The Morgan fingerprint density at radius 1 is 0.621 bits per heavy atom. The Balaban J connectivity index is 1.71. The summed E-state index contributed by atoms with van der Waals surface area (Å²) in [5.74, 6) is 1.39. The quantitative estimate of drug-likeness (QED) is 0.440. The first-order valence-corrected chi connectivity index (χ1v) is 9.84. The molecule has 0 radical (unpaired) electrons. The van der Waals surface area contributed by atoms with Gasteiger partial charge in [0.15, 0.2) is 0 Å². The lowest BCUT2D eigenvalue weighted by atomic mass is 9.77. The van der Waals surface area contributed by atoms with E-state index in [0.717, 1.165) is 38.9 Å². The van der Waals surface area contributed by atoms with Crippen molar-refractivity contribution in [3.05, 3.63) is 119 Å². The molecule has 0 amide bonds. The average molecular weight is 378 g/mol. The van der Waals surface area contributed by atoms with Crippen LogP contribution in [-0.4, -0.2) is 5.11 Å². The molecule has 2 nitrogen and oxygen atoms in total. The summed E-state index contributed by atoms with van der Waals surface area (Å²) in [5, 5.41) is 12.2. The van der Waals surface area contributed by atoms with E-state index in [9.17, 15) is 5.11 Å². The van der Waals surface area contributed by atoms with E-state index >= 15 is 0 Å². The van der Waals surface area contributed by atoms with Gasteiger partial charge in [0.25, 0.3) is 0 Å². The van der Waals surface area contributed by atoms with Crippen LogP contribution in [-0.2, 0) is 5.60 Å². The summed E-state index contributed by atoms with van der Waals surface area (Å²) in [7, 11) is 0. The van der Waals surface area contributed by atoms with Crippen LogP contribution < -0.4 is 4.74 Å². The predicted molar refractivity (Wildman–Crippen MR) is 116 cm³/mol. The monoisotopic (exact) mass is 378 g/mol. The van der Waals surface area contributed by atoms with Crippen LogP contribution in [0.2, 0.25) is 0 Å². The summed E-state index contributed by atoms with van der Waals surface area (Å²) in [5.41, 5.74) is 5.58. The third-order valence-corrected chi connectivity index (χ3v) is 5.68. The van der Waals surface area contributed by atoms with Gasteiger partial charge in [-0.25, -0.2) is 0 Å². The Morgan fingerprint density at radius 2 is 1.14 bits per heavy atom. The van der Waals surface area contributed by atoms with Crippen LogP contribution in [0, 0.1) is 13.8 Å². The Bertz CT molecular complexity index is 1140. The van der Waals surface area contributed by atoms with Gasteiger partial charge in [0.2, 0.25) is 0 Å². The van der Waals surface area contributed by atoms with Crippen LogP contribution >= 0.6 is 0 Å². The molecule has 142 valence electrons. The highest BCUT2D eigenvalue weighted by molar-refractivity contribution is 5.66. The highest BCUT2D eigenvalue weighted by Gasteiger charge is 2.42. The van der Waals surface area contributed by atoms with Crippen molar-refractivity contribution < 1.29 is 9.84 Å². The molecule has 1 aliphatic rings. The lowest BCUT2D eigenvalue weighted by Crippen LogP contribution is -2.32. The lowest BCUT2D eigenvalue weighted by Gasteiger charge is -2.37. The molecule has 2 heteroatoms.